The molecule has 2 aliphatic carbocycles. The van der Waals surface area contributed by atoms with Crippen molar-refractivity contribution in [1.82, 2.24) is 4.90 Å². The number of hydrogen-bond acceptors (Lipinski definition) is 2. The van der Waals surface area contributed by atoms with Gasteiger partial charge in [0.15, 0.2) is 5.60 Å². The summed E-state index contributed by atoms with van der Waals surface area (Å²) in [5.41, 5.74) is 0.00959. The van der Waals surface area contributed by atoms with Gasteiger partial charge in [-0.25, -0.2) is 0 Å². The minimum absolute atomic E-state index is 0.0109. The molecule has 1 N–H and O–H groups in total. The van der Waals surface area contributed by atoms with E-state index >= 15 is 0 Å². The van der Waals surface area contributed by atoms with Crippen LogP contribution < -0.4 is 0 Å². The smallest absolute Gasteiger partial charge is 0.255 e. The summed E-state index contributed by atoms with van der Waals surface area (Å²) in [7, 11) is 0. The van der Waals surface area contributed by atoms with E-state index in [1.54, 1.807) is 0 Å². The predicted octanol–water partition coefficient (Wildman–Crippen LogP) is 2.31. The summed E-state index contributed by atoms with van der Waals surface area (Å²) in [5.74, 6) is 0.124. The predicted molar refractivity (Wildman–Crippen MR) is 76.2 cm³/mol. The number of aliphatic hydroxyl groups is 1. The molecular weight excluding hydrogens is 250 g/mol. The van der Waals surface area contributed by atoms with Gasteiger partial charge in [0.1, 0.15) is 0 Å². The van der Waals surface area contributed by atoms with Crippen molar-refractivity contribution in [3.05, 3.63) is 35.9 Å². The quantitative estimate of drug-likeness (QED) is 0.896. The molecular formula is C17H21NO2. The maximum Gasteiger partial charge on any atom is 0.255 e. The number of carbonyl (C=O) groups is 1. The highest BCUT2D eigenvalue weighted by Gasteiger charge is 2.75. The van der Waals surface area contributed by atoms with Crippen molar-refractivity contribution < 1.29 is 9.90 Å². The first-order valence-corrected chi connectivity index (χ1v) is 7.81. The zero-order valence-electron chi connectivity index (χ0n) is 11.7. The van der Waals surface area contributed by atoms with Crippen LogP contribution >= 0.6 is 0 Å². The van der Waals surface area contributed by atoms with Gasteiger partial charge in [0.25, 0.3) is 5.91 Å². The number of hydrogen-bond donors (Lipinski definition) is 1. The topological polar surface area (TPSA) is 40.5 Å². The van der Waals surface area contributed by atoms with Crippen LogP contribution in [0.3, 0.4) is 0 Å². The molecule has 0 unspecified atom stereocenters. The van der Waals surface area contributed by atoms with E-state index in [-0.39, 0.29) is 17.7 Å². The lowest BCUT2D eigenvalue weighted by Crippen LogP contribution is -2.44. The molecule has 0 aromatic heterocycles. The summed E-state index contributed by atoms with van der Waals surface area (Å²) in [4.78, 5) is 14.6. The number of likely N-dealkylation sites (tertiary alicyclic amines) is 1. The van der Waals surface area contributed by atoms with Crippen LogP contribution in [-0.2, 0) is 4.79 Å². The van der Waals surface area contributed by atoms with Gasteiger partial charge in [-0.05, 0) is 18.4 Å². The standard InChI is InChI=1S/C17H21NO2/c19-16-17(20)14(15(17)12-7-3-1-4-8-12)11-18(16)13-9-5-2-6-10-13/h1,3-4,7-8,13-15,20H,2,5-6,9-11H2/t14-,15-,17+/m1/s1. The third-order valence-electron chi connectivity index (χ3n) is 5.50. The second-order valence-electron chi connectivity index (χ2n) is 6.57. The molecule has 3 nitrogen and oxygen atoms in total. The van der Waals surface area contributed by atoms with Crippen LogP contribution in [0.2, 0.25) is 0 Å². The molecule has 3 atom stereocenters. The van der Waals surface area contributed by atoms with Crippen molar-refractivity contribution in [1.29, 1.82) is 0 Å². The molecule has 3 aliphatic rings. The Morgan fingerprint density at radius 3 is 2.40 bits per heavy atom. The number of benzene rings is 1. The maximum absolute atomic E-state index is 12.6. The Morgan fingerprint density at radius 1 is 1.10 bits per heavy atom. The van der Waals surface area contributed by atoms with Crippen molar-refractivity contribution in [2.24, 2.45) is 5.92 Å². The van der Waals surface area contributed by atoms with E-state index in [1.807, 2.05) is 35.2 Å². The summed E-state index contributed by atoms with van der Waals surface area (Å²) in [6, 6.07) is 10.4. The van der Waals surface area contributed by atoms with Crippen LogP contribution in [0.5, 0.6) is 0 Å². The zero-order valence-corrected chi connectivity index (χ0v) is 11.7. The van der Waals surface area contributed by atoms with Crippen LogP contribution in [-0.4, -0.2) is 34.1 Å². The van der Waals surface area contributed by atoms with Gasteiger partial charge in [0.2, 0.25) is 0 Å². The van der Waals surface area contributed by atoms with Crippen LogP contribution in [0.1, 0.15) is 43.6 Å². The first-order chi connectivity index (χ1) is 9.73. The van der Waals surface area contributed by atoms with E-state index in [0.29, 0.717) is 6.04 Å². The molecule has 20 heavy (non-hydrogen) atoms. The maximum atomic E-state index is 12.6. The second-order valence-corrected chi connectivity index (χ2v) is 6.57. The highest BCUT2D eigenvalue weighted by Crippen LogP contribution is 2.62. The van der Waals surface area contributed by atoms with Crippen molar-refractivity contribution in [2.75, 3.05) is 6.54 Å². The van der Waals surface area contributed by atoms with Crippen molar-refractivity contribution in [3.8, 4) is 0 Å². The highest BCUT2D eigenvalue weighted by atomic mass is 16.3. The van der Waals surface area contributed by atoms with Crippen molar-refractivity contribution in [2.45, 2.75) is 49.7 Å². The van der Waals surface area contributed by atoms with Gasteiger partial charge in [-0.2, -0.15) is 0 Å². The number of fused-ring (bicyclic) bond motifs is 1. The Hall–Kier alpha value is -1.35. The molecule has 1 amide bonds. The van der Waals surface area contributed by atoms with Crippen molar-refractivity contribution >= 4 is 5.91 Å². The largest absolute Gasteiger partial charge is 0.379 e. The van der Waals surface area contributed by atoms with Gasteiger partial charge < -0.3 is 10.0 Å². The summed E-state index contributed by atoms with van der Waals surface area (Å²) in [6.45, 7) is 0.750. The number of piperidine rings is 1. The fourth-order valence-electron chi connectivity index (χ4n) is 4.36. The monoisotopic (exact) mass is 271 g/mol. The van der Waals surface area contributed by atoms with Gasteiger partial charge in [-0.15, -0.1) is 0 Å². The minimum atomic E-state index is -1.10. The molecule has 1 aromatic carbocycles. The molecule has 0 spiro atoms. The van der Waals surface area contributed by atoms with Crippen LogP contribution in [0.25, 0.3) is 0 Å². The first-order valence-electron chi connectivity index (χ1n) is 7.81. The van der Waals surface area contributed by atoms with Gasteiger partial charge >= 0.3 is 0 Å². The summed E-state index contributed by atoms with van der Waals surface area (Å²) < 4.78 is 0. The fourth-order valence-corrected chi connectivity index (χ4v) is 4.36. The van der Waals surface area contributed by atoms with E-state index in [0.717, 1.165) is 24.9 Å². The Kier molecular flexibility index (Phi) is 2.68. The third-order valence-corrected chi connectivity index (χ3v) is 5.50. The van der Waals surface area contributed by atoms with Crippen LogP contribution in [0, 0.1) is 5.92 Å². The molecule has 3 fully saturated rings. The Bertz CT molecular complexity index is 523. The van der Waals surface area contributed by atoms with E-state index in [2.05, 4.69) is 0 Å². The minimum Gasteiger partial charge on any atom is -0.379 e. The summed E-state index contributed by atoms with van der Waals surface area (Å²) >= 11 is 0. The van der Waals surface area contributed by atoms with Crippen molar-refractivity contribution in [3.63, 3.8) is 0 Å². The lowest BCUT2D eigenvalue weighted by atomic mass is 9.93. The molecule has 0 radical (unpaired) electrons. The second kappa shape index (κ2) is 4.32. The van der Waals surface area contributed by atoms with E-state index in [1.165, 1.54) is 19.3 Å². The number of amides is 1. The molecule has 2 saturated carbocycles. The van der Waals surface area contributed by atoms with Crippen LogP contribution in [0.4, 0.5) is 0 Å². The molecule has 1 saturated heterocycles. The van der Waals surface area contributed by atoms with Gasteiger partial charge in [0.05, 0.1) is 0 Å². The van der Waals surface area contributed by atoms with E-state index in [9.17, 15) is 9.90 Å². The number of nitrogens with zero attached hydrogens (tertiary/aromatic N) is 1. The summed E-state index contributed by atoms with van der Waals surface area (Å²) in [5, 5.41) is 10.8. The highest BCUT2D eigenvalue weighted by molar-refractivity contribution is 5.94. The molecule has 1 heterocycles. The lowest BCUT2D eigenvalue weighted by molar-refractivity contribution is -0.141. The third kappa shape index (κ3) is 1.59. The molecule has 1 aromatic rings. The number of carbonyl (C=O) groups excluding carboxylic acids is 1. The number of rotatable bonds is 2. The zero-order chi connectivity index (χ0) is 13.7. The SMILES string of the molecule is O=C1N(C2CCCCC2)C[C@@H]2[C@@H](c3ccccc3)[C@]12O. The Morgan fingerprint density at radius 2 is 1.80 bits per heavy atom. The molecule has 1 aliphatic heterocycles. The molecule has 4 rings (SSSR count). The average molecular weight is 271 g/mol. The van der Waals surface area contributed by atoms with E-state index in [4.69, 9.17) is 0 Å². The van der Waals surface area contributed by atoms with Gasteiger partial charge in [-0.3, -0.25) is 4.79 Å². The van der Waals surface area contributed by atoms with E-state index < -0.39 is 5.60 Å². The first kappa shape index (κ1) is 12.4. The summed E-state index contributed by atoms with van der Waals surface area (Å²) in [6.07, 6.45) is 5.97. The average Bonchev–Trinajstić information content (AvgIpc) is 3.02. The normalized spacial score (nSPS) is 37.0. The van der Waals surface area contributed by atoms with Gasteiger partial charge in [0, 0.05) is 24.4 Å². The fraction of sp³-hybridized carbons (Fsp3) is 0.588. The Labute approximate surface area is 119 Å². The molecule has 0 bridgehead atoms. The van der Waals surface area contributed by atoms with Gasteiger partial charge in [-0.1, -0.05) is 49.6 Å². The molecule has 3 heteroatoms. The Balaban J connectivity index is 1.53. The lowest BCUT2D eigenvalue weighted by Gasteiger charge is -2.33. The molecule has 106 valence electrons. The van der Waals surface area contributed by atoms with Crippen LogP contribution in [0.15, 0.2) is 30.3 Å².